The van der Waals surface area contributed by atoms with Crippen LogP contribution in [0.2, 0.25) is 0 Å². The fourth-order valence-corrected chi connectivity index (χ4v) is 4.46. The zero-order chi connectivity index (χ0) is 26.4. The lowest BCUT2D eigenvalue weighted by molar-refractivity contribution is -0.389. The van der Waals surface area contributed by atoms with Crippen LogP contribution in [-0.4, -0.2) is 31.5 Å². The second-order valence-electron chi connectivity index (χ2n) is 7.52. The van der Waals surface area contributed by atoms with Crippen LogP contribution in [0.1, 0.15) is 21.1 Å². The SMILES string of the molecule is Cc1cc([N+](=O)[O-])nn1CC(=O)Nc1c(C(N)=O)sc2nc(C(F)(F)F)cc(-c3ccc(F)cc3)c12. The molecule has 0 unspecified atom stereocenters. The monoisotopic (exact) mass is 522 g/mol. The summed E-state index contributed by atoms with van der Waals surface area (Å²) in [4.78, 5) is 38.2. The van der Waals surface area contributed by atoms with Crippen LogP contribution in [-0.2, 0) is 17.5 Å². The van der Waals surface area contributed by atoms with Gasteiger partial charge >= 0.3 is 12.0 Å². The van der Waals surface area contributed by atoms with Gasteiger partial charge in [0.2, 0.25) is 5.91 Å². The molecule has 0 atom stereocenters. The standard InChI is InChI=1S/C21H14F4N6O4S/c1-9-6-14(31(34)35)29-30(9)8-15(32)28-17-16-12(10-2-4-11(22)5-3-10)7-13(21(23,24)25)27-20(16)36-18(17)19(26)33/h2-7H,8H2,1H3,(H2,26,33)(H,28,32). The number of nitrogens with two attached hydrogens (primary N) is 1. The van der Waals surface area contributed by atoms with E-state index in [4.69, 9.17) is 5.73 Å². The zero-order valence-corrected chi connectivity index (χ0v) is 18.9. The minimum absolute atomic E-state index is 0.00933. The lowest BCUT2D eigenvalue weighted by Crippen LogP contribution is -2.22. The molecule has 0 fully saturated rings. The van der Waals surface area contributed by atoms with Gasteiger partial charge in [-0.2, -0.15) is 17.9 Å². The Kier molecular flexibility index (Phi) is 6.17. The van der Waals surface area contributed by atoms with Gasteiger partial charge in [-0.15, -0.1) is 11.3 Å². The molecule has 4 rings (SSSR count). The highest BCUT2D eigenvalue weighted by Crippen LogP contribution is 2.43. The number of nitro groups is 1. The summed E-state index contributed by atoms with van der Waals surface area (Å²) < 4.78 is 55.2. The van der Waals surface area contributed by atoms with Gasteiger partial charge in [0, 0.05) is 5.39 Å². The number of amides is 2. The van der Waals surface area contributed by atoms with E-state index in [1.54, 1.807) is 0 Å². The van der Waals surface area contributed by atoms with E-state index in [9.17, 15) is 37.3 Å². The van der Waals surface area contributed by atoms with Crippen molar-refractivity contribution in [2.75, 3.05) is 5.32 Å². The fraction of sp³-hybridized carbons (Fsp3) is 0.143. The first-order valence-electron chi connectivity index (χ1n) is 9.94. The first kappa shape index (κ1) is 24.7. The van der Waals surface area contributed by atoms with Gasteiger partial charge in [0.25, 0.3) is 5.91 Å². The van der Waals surface area contributed by atoms with Gasteiger partial charge < -0.3 is 21.2 Å². The largest absolute Gasteiger partial charge is 0.433 e. The van der Waals surface area contributed by atoms with Crippen LogP contribution in [0.15, 0.2) is 36.4 Å². The average Bonchev–Trinajstić information content (AvgIpc) is 3.34. The quantitative estimate of drug-likeness (QED) is 0.220. The van der Waals surface area contributed by atoms with Gasteiger partial charge in [-0.3, -0.25) is 9.59 Å². The van der Waals surface area contributed by atoms with Gasteiger partial charge in [0.05, 0.1) is 22.5 Å². The Morgan fingerprint density at radius 3 is 2.44 bits per heavy atom. The van der Waals surface area contributed by atoms with Gasteiger partial charge in [-0.1, -0.05) is 12.1 Å². The highest BCUT2D eigenvalue weighted by molar-refractivity contribution is 7.21. The van der Waals surface area contributed by atoms with E-state index in [1.807, 2.05) is 0 Å². The molecule has 2 amide bonds. The van der Waals surface area contributed by atoms with Crippen molar-refractivity contribution in [2.24, 2.45) is 5.73 Å². The molecular formula is C21H14F4N6O4S. The topological polar surface area (TPSA) is 146 Å². The number of primary amides is 1. The molecule has 0 saturated carbocycles. The van der Waals surface area contributed by atoms with E-state index >= 15 is 0 Å². The Hall–Kier alpha value is -4.40. The van der Waals surface area contributed by atoms with Crippen LogP contribution in [0.5, 0.6) is 0 Å². The van der Waals surface area contributed by atoms with Crippen LogP contribution in [0.4, 0.5) is 29.1 Å². The third-order valence-corrected chi connectivity index (χ3v) is 6.14. The van der Waals surface area contributed by atoms with E-state index in [1.165, 1.54) is 19.1 Å². The van der Waals surface area contributed by atoms with Crippen molar-refractivity contribution in [1.82, 2.24) is 14.8 Å². The minimum Gasteiger partial charge on any atom is -0.365 e. The number of hydrogen-bond donors (Lipinski definition) is 2. The maximum absolute atomic E-state index is 13.6. The third-order valence-electron chi connectivity index (χ3n) is 5.04. The molecule has 3 N–H and O–H groups in total. The first-order valence-corrected chi connectivity index (χ1v) is 10.8. The number of fused-ring (bicyclic) bond motifs is 1. The normalized spacial score (nSPS) is 11.6. The van der Waals surface area contributed by atoms with E-state index in [2.05, 4.69) is 15.4 Å². The number of alkyl halides is 3. The van der Waals surface area contributed by atoms with E-state index < -0.39 is 46.8 Å². The van der Waals surface area contributed by atoms with Crippen molar-refractivity contribution in [3.63, 3.8) is 0 Å². The maximum atomic E-state index is 13.6. The van der Waals surface area contributed by atoms with Gasteiger partial charge in [-0.05, 0) is 41.2 Å². The zero-order valence-electron chi connectivity index (χ0n) is 18.1. The molecular weight excluding hydrogens is 508 g/mol. The number of nitrogens with one attached hydrogen (secondary N) is 1. The predicted molar refractivity (Wildman–Crippen MR) is 121 cm³/mol. The Labute approximate surface area is 202 Å². The number of halogens is 4. The summed E-state index contributed by atoms with van der Waals surface area (Å²) in [6, 6.07) is 6.44. The maximum Gasteiger partial charge on any atom is 0.433 e. The van der Waals surface area contributed by atoms with Gasteiger partial charge in [0.1, 0.15) is 27.8 Å². The number of pyridine rings is 1. The molecule has 0 saturated heterocycles. The first-order chi connectivity index (χ1) is 16.8. The number of aryl methyl sites for hydroxylation is 1. The summed E-state index contributed by atoms with van der Waals surface area (Å²) in [7, 11) is 0. The summed E-state index contributed by atoms with van der Waals surface area (Å²) in [5.74, 6) is -2.93. The average molecular weight is 522 g/mol. The molecule has 0 aliphatic rings. The summed E-state index contributed by atoms with van der Waals surface area (Å²) >= 11 is 0.548. The number of benzene rings is 1. The number of nitrogens with zero attached hydrogens (tertiary/aromatic N) is 4. The van der Waals surface area contributed by atoms with Gasteiger partial charge in [0.15, 0.2) is 0 Å². The van der Waals surface area contributed by atoms with Crippen LogP contribution in [0.25, 0.3) is 21.3 Å². The van der Waals surface area contributed by atoms with E-state index in [0.29, 0.717) is 17.0 Å². The molecule has 10 nitrogen and oxygen atoms in total. The molecule has 0 aliphatic carbocycles. The van der Waals surface area contributed by atoms with Crippen molar-refractivity contribution in [2.45, 2.75) is 19.6 Å². The van der Waals surface area contributed by atoms with E-state index in [-0.39, 0.29) is 31.9 Å². The van der Waals surface area contributed by atoms with Gasteiger partial charge in [-0.25, -0.2) is 9.37 Å². The number of rotatable bonds is 6. The number of anilines is 1. The molecule has 3 aromatic heterocycles. The summed E-state index contributed by atoms with van der Waals surface area (Å²) in [6.07, 6.45) is -4.84. The number of hydrogen-bond acceptors (Lipinski definition) is 7. The van der Waals surface area contributed by atoms with Crippen molar-refractivity contribution in [3.05, 3.63) is 68.6 Å². The van der Waals surface area contributed by atoms with Crippen molar-refractivity contribution < 1.29 is 32.1 Å². The molecule has 0 radical (unpaired) electrons. The van der Waals surface area contributed by atoms with E-state index in [0.717, 1.165) is 28.9 Å². The Balaban J connectivity index is 1.86. The van der Waals surface area contributed by atoms with Crippen LogP contribution in [0.3, 0.4) is 0 Å². The Bertz CT molecular complexity index is 1530. The second-order valence-corrected chi connectivity index (χ2v) is 8.52. The number of thiophene rings is 1. The number of carbonyl (C=O) groups is 2. The Morgan fingerprint density at radius 1 is 1.22 bits per heavy atom. The fourth-order valence-electron chi connectivity index (χ4n) is 3.45. The van der Waals surface area contributed by atoms with Crippen molar-refractivity contribution in [3.8, 4) is 11.1 Å². The summed E-state index contributed by atoms with van der Waals surface area (Å²) in [5.41, 5.74) is 4.37. The lowest BCUT2D eigenvalue weighted by Gasteiger charge is -2.12. The molecule has 36 heavy (non-hydrogen) atoms. The molecule has 0 aliphatic heterocycles. The third kappa shape index (κ3) is 4.72. The summed E-state index contributed by atoms with van der Waals surface area (Å²) in [6.45, 7) is 0.979. The number of aromatic nitrogens is 3. The molecule has 0 spiro atoms. The molecule has 186 valence electrons. The molecule has 1 aromatic carbocycles. The molecule has 3 heterocycles. The highest BCUT2D eigenvalue weighted by atomic mass is 32.1. The minimum atomic E-state index is -4.84. The predicted octanol–water partition coefficient (Wildman–Crippen LogP) is 4.27. The molecule has 15 heteroatoms. The van der Waals surface area contributed by atoms with Crippen molar-refractivity contribution in [1.29, 1.82) is 0 Å². The number of carbonyl (C=O) groups excluding carboxylic acids is 2. The lowest BCUT2D eigenvalue weighted by atomic mass is 10.0. The van der Waals surface area contributed by atoms with Crippen LogP contribution in [0, 0.1) is 22.9 Å². The Morgan fingerprint density at radius 2 is 1.89 bits per heavy atom. The van der Waals surface area contributed by atoms with Crippen LogP contribution >= 0.6 is 11.3 Å². The highest BCUT2D eigenvalue weighted by Gasteiger charge is 2.35. The molecule has 4 aromatic rings. The molecule has 0 bridgehead atoms. The van der Waals surface area contributed by atoms with Crippen molar-refractivity contribution >= 4 is 44.9 Å². The summed E-state index contributed by atoms with van der Waals surface area (Å²) in [5, 5.41) is 17.1. The smallest absolute Gasteiger partial charge is 0.365 e. The van der Waals surface area contributed by atoms with Crippen LogP contribution < -0.4 is 11.1 Å². The second kappa shape index (κ2) is 8.99.